The van der Waals surface area contributed by atoms with Gasteiger partial charge in [0.2, 0.25) is 0 Å². The van der Waals surface area contributed by atoms with Crippen LogP contribution in [-0.4, -0.2) is 6.61 Å². The van der Waals surface area contributed by atoms with Crippen molar-refractivity contribution in [3.63, 3.8) is 0 Å². The van der Waals surface area contributed by atoms with Gasteiger partial charge in [-0.1, -0.05) is 44.0 Å². The van der Waals surface area contributed by atoms with E-state index in [1.54, 1.807) is 6.07 Å². The largest absolute Gasteiger partial charge is 0.492 e. The summed E-state index contributed by atoms with van der Waals surface area (Å²) in [5.41, 5.74) is 1.04. The van der Waals surface area contributed by atoms with E-state index < -0.39 is 0 Å². The summed E-state index contributed by atoms with van der Waals surface area (Å²) >= 11 is 12.3. The van der Waals surface area contributed by atoms with Gasteiger partial charge in [0.15, 0.2) is 0 Å². The summed E-state index contributed by atoms with van der Waals surface area (Å²) < 4.78 is 5.76. The van der Waals surface area contributed by atoms with Crippen molar-refractivity contribution in [2.24, 2.45) is 0 Å². The van der Waals surface area contributed by atoms with Gasteiger partial charge in [-0.2, -0.15) is 0 Å². The molecule has 19 heavy (non-hydrogen) atoms. The Labute approximate surface area is 126 Å². The van der Waals surface area contributed by atoms with E-state index in [-0.39, 0.29) is 5.92 Å². The molecule has 1 atom stereocenters. The zero-order chi connectivity index (χ0) is 14.3. The average molecular weight is 299 g/mol. The van der Waals surface area contributed by atoms with Gasteiger partial charge >= 0.3 is 0 Å². The molecule has 1 rings (SSSR count). The predicted octanol–water partition coefficient (Wildman–Crippen LogP) is 5.69. The highest BCUT2D eigenvalue weighted by molar-refractivity contribution is 6.35. The van der Waals surface area contributed by atoms with Gasteiger partial charge in [0.05, 0.1) is 11.6 Å². The molecule has 1 aromatic carbocycles. The maximum atomic E-state index is 6.23. The van der Waals surface area contributed by atoms with Crippen LogP contribution in [0.3, 0.4) is 0 Å². The maximum Gasteiger partial charge on any atom is 0.141 e. The second-order valence-corrected chi connectivity index (χ2v) is 5.31. The van der Waals surface area contributed by atoms with Gasteiger partial charge < -0.3 is 4.74 Å². The minimum atomic E-state index is 0.252. The van der Waals surface area contributed by atoms with Crippen LogP contribution < -0.4 is 4.74 Å². The first-order valence-electron chi connectivity index (χ1n) is 6.67. The molecule has 0 aliphatic heterocycles. The van der Waals surface area contributed by atoms with Crippen molar-refractivity contribution in [1.29, 1.82) is 0 Å². The molecule has 0 N–H and O–H groups in total. The van der Waals surface area contributed by atoms with Gasteiger partial charge in [-0.05, 0) is 24.5 Å². The van der Waals surface area contributed by atoms with E-state index >= 15 is 0 Å². The fourth-order valence-electron chi connectivity index (χ4n) is 1.76. The number of halogens is 2. The fraction of sp³-hybridized carbons (Fsp3) is 0.500. The molecule has 0 bridgehead atoms. The van der Waals surface area contributed by atoms with Gasteiger partial charge in [0.1, 0.15) is 5.75 Å². The van der Waals surface area contributed by atoms with E-state index in [0.717, 1.165) is 30.6 Å². The van der Waals surface area contributed by atoms with Crippen LogP contribution in [-0.2, 0) is 0 Å². The first kappa shape index (κ1) is 16.2. The smallest absolute Gasteiger partial charge is 0.141 e. The Balaban J connectivity index is 3.01. The van der Waals surface area contributed by atoms with E-state index in [0.29, 0.717) is 16.7 Å². The third-order valence-corrected chi connectivity index (χ3v) is 3.23. The number of rotatable bonds is 5. The molecular weight excluding hydrogens is 279 g/mol. The molecule has 0 aliphatic rings. The number of ether oxygens (including phenoxy) is 1. The first-order chi connectivity index (χ1) is 9.10. The number of hydrogen-bond acceptors (Lipinski definition) is 1. The van der Waals surface area contributed by atoms with Gasteiger partial charge in [-0.25, -0.2) is 0 Å². The minimum absolute atomic E-state index is 0.252. The number of benzene rings is 1. The number of hydrogen-bond donors (Lipinski definition) is 0. The Morgan fingerprint density at radius 1 is 1.21 bits per heavy atom. The summed E-state index contributed by atoms with van der Waals surface area (Å²) in [6, 6.07) is 3.65. The molecular formula is C16H20Cl2O. The van der Waals surface area contributed by atoms with Gasteiger partial charge in [0, 0.05) is 23.4 Å². The van der Waals surface area contributed by atoms with Crippen molar-refractivity contribution in [2.75, 3.05) is 6.61 Å². The molecule has 0 aliphatic carbocycles. The van der Waals surface area contributed by atoms with Gasteiger partial charge in [-0.3, -0.25) is 0 Å². The van der Waals surface area contributed by atoms with E-state index in [1.807, 2.05) is 13.0 Å². The molecule has 0 saturated carbocycles. The molecule has 1 nitrogen and oxygen atoms in total. The zero-order valence-electron chi connectivity index (χ0n) is 11.7. The van der Waals surface area contributed by atoms with Crippen molar-refractivity contribution in [1.82, 2.24) is 0 Å². The summed E-state index contributed by atoms with van der Waals surface area (Å²) in [5.74, 6) is 7.25. The van der Waals surface area contributed by atoms with Crippen LogP contribution in [0.25, 0.3) is 0 Å². The summed E-state index contributed by atoms with van der Waals surface area (Å²) in [7, 11) is 0. The third-order valence-electron chi connectivity index (χ3n) is 2.73. The molecule has 1 unspecified atom stereocenters. The summed E-state index contributed by atoms with van der Waals surface area (Å²) in [6.45, 7) is 6.89. The van der Waals surface area contributed by atoms with Crippen LogP contribution in [0, 0.1) is 11.8 Å². The van der Waals surface area contributed by atoms with E-state index in [9.17, 15) is 0 Å². The molecule has 3 heteroatoms. The van der Waals surface area contributed by atoms with Crippen molar-refractivity contribution >= 4 is 23.2 Å². The van der Waals surface area contributed by atoms with E-state index in [1.165, 1.54) is 0 Å². The third kappa shape index (κ3) is 4.97. The highest BCUT2D eigenvalue weighted by atomic mass is 35.5. The standard InChI is InChI=1S/C16H20Cl2O/c1-4-6-7-8-12(3)14-10-13(17)11-15(18)16(14)19-9-5-2/h10-12H,4-5,8-9H2,1-3H3. The van der Waals surface area contributed by atoms with Crippen molar-refractivity contribution in [3.05, 3.63) is 27.7 Å². The van der Waals surface area contributed by atoms with Crippen LogP contribution in [0.4, 0.5) is 0 Å². The Morgan fingerprint density at radius 2 is 1.95 bits per heavy atom. The maximum absolute atomic E-state index is 6.23. The van der Waals surface area contributed by atoms with Crippen molar-refractivity contribution in [3.8, 4) is 17.6 Å². The molecule has 0 fully saturated rings. The summed E-state index contributed by atoms with van der Waals surface area (Å²) in [5, 5.41) is 1.21. The molecule has 1 aromatic rings. The lowest BCUT2D eigenvalue weighted by molar-refractivity contribution is 0.313. The second kappa shape index (κ2) is 8.35. The SMILES string of the molecule is CCC#CCC(C)c1cc(Cl)cc(Cl)c1OCCC. The Kier molecular flexibility index (Phi) is 7.13. The quantitative estimate of drug-likeness (QED) is 0.635. The van der Waals surface area contributed by atoms with Gasteiger partial charge in [-0.15, -0.1) is 11.8 Å². The Morgan fingerprint density at radius 3 is 2.58 bits per heavy atom. The minimum Gasteiger partial charge on any atom is -0.492 e. The monoisotopic (exact) mass is 298 g/mol. The highest BCUT2D eigenvalue weighted by Gasteiger charge is 2.15. The molecule has 0 saturated heterocycles. The average Bonchev–Trinajstić information content (AvgIpc) is 2.37. The normalized spacial score (nSPS) is 11.6. The van der Waals surface area contributed by atoms with Crippen LogP contribution in [0.15, 0.2) is 12.1 Å². The lowest BCUT2D eigenvalue weighted by atomic mass is 9.97. The summed E-state index contributed by atoms with van der Waals surface area (Å²) in [4.78, 5) is 0. The van der Waals surface area contributed by atoms with Crippen molar-refractivity contribution < 1.29 is 4.74 Å². The molecule has 0 radical (unpaired) electrons. The second-order valence-electron chi connectivity index (χ2n) is 4.47. The molecule has 104 valence electrons. The van der Waals surface area contributed by atoms with Crippen LogP contribution >= 0.6 is 23.2 Å². The predicted molar refractivity (Wildman–Crippen MR) is 83.3 cm³/mol. The van der Waals surface area contributed by atoms with Crippen molar-refractivity contribution in [2.45, 2.75) is 46.0 Å². The van der Waals surface area contributed by atoms with Crippen LogP contribution in [0.2, 0.25) is 10.0 Å². The van der Waals surface area contributed by atoms with E-state index in [2.05, 4.69) is 25.7 Å². The van der Waals surface area contributed by atoms with E-state index in [4.69, 9.17) is 27.9 Å². The highest BCUT2D eigenvalue weighted by Crippen LogP contribution is 2.37. The zero-order valence-corrected chi connectivity index (χ0v) is 13.2. The summed E-state index contributed by atoms with van der Waals surface area (Å²) in [6.07, 6.45) is 2.61. The lowest BCUT2D eigenvalue weighted by Crippen LogP contribution is -2.02. The molecule has 0 spiro atoms. The van der Waals surface area contributed by atoms with Crippen LogP contribution in [0.5, 0.6) is 5.75 Å². The van der Waals surface area contributed by atoms with Crippen LogP contribution in [0.1, 0.15) is 51.5 Å². The topological polar surface area (TPSA) is 9.23 Å². The Hall–Kier alpha value is -0.840. The first-order valence-corrected chi connectivity index (χ1v) is 7.43. The molecule has 0 heterocycles. The molecule has 0 aromatic heterocycles. The van der Waals surface area contributed by atoms with Gasteiger partial charge in [0.25, 0.3) is 0 Å². The fourth-order valence-corrected chi connectivity index (χ4v) is 2.33. The lowest BCUT2D eigenvalue weighted by Gasteiger charge is -2.17. The Bertz CT molecular complexity index is 472. The molecule has 0 amide bonds.